The number of hydrogen-bond donors (Lipinski definition) is 3. The molecule has 0 bridgehead atoms. The minimum absolute atomic E-state index is 0.0756. The molecule has 0 radical (unpaired) electrons. The fraction of sp³-hybridized carbons (Fsp3) is 0.532. The van der Waals surface area contributed by atoms with Gasteiger partial charge in [0.25, 0.3) is 0 Å². The van der Waals surface area contributed by atoms with E-state index in [1.54, 1.807) is 12.1 Å². The average Bonchev–Trinajstić information content (AvgIpc) is 4.09. The van der Waals surface area contributed by atoms with E-state index in [-0.39, 0.29) is 55.1 Å². The van der Waals surface area contributed by atoms with Crippen molar-refractivity contribution in [3.8, 4) is 11.5 Å². The molecular weight excluding hydrogens is 721 g/mol. The van der Waals surface area contributed by atoms with Gasteiger partial charge in [-0.2, -0.15) is 0 Å². The number of aliphatic hydroxyl groups is 2. The maximum Gasteiger partial charge on any atom is 0.239 e. The number of nitrogens with zero attached hydrogens (tertiary/aromatic N) is 2. The van der Waals surface area contributed by atoms with Gasteiger partial charge in [-0.15, -0.1) is 6.58 Å². The molecule has 304 valence electrons. The van der Waals surface area contributed by atoms with Gasteiger partial charge in [0.15, 0.2) is 0 Å². The van der Waals surface area contributed by atoms with Gasteiger partial charge in [0.05, 0.1) is 24.8 Å². The summed E-state index contributed by atoms with van der Waals surface area (Å²) >= 11 is 0. The highest BCUT2D eigenvalue weighted by Gasteiger charge is 2.66. The maximum atomic E-state index is 14.9. The van der Waals surface area contributed by atoms with E-state index in [9.17, 15) is 20.1 Å². The Labute approximate surface area is 336 Å². The van der Waals surface area contributed by atoms with Crippen LogP contribution < -0.4 is 4.74 Å². The quantitative estimate of drug-likeness (QED) is 0.0712. The zero-order chi connectivity index (χ0) is 39.4. The van der Waals surface area contributed by atoms with Crippen molar-refractivity contribution in [3.63, 3.8) is 0 Å². The number of amides is 1. The molecule has 2 saturated carbocycles. The van der Waals surface area contributed by atoms with Crippen molar-refractivity contribution in [1.29, 1.82) is 0 Å². The highest BCUT2D eigenvalue weighted by molar-refractivity contribution is 6.03. The van der Waals surface area contributed by atoms with Crippen LogP contribution in [0.4, 0.5) is 0 Å². The molecule has 1 saturated heterocycles. The smallest absolute Gasteiger partial charge is 0.239 e. The first-order valence-electron chi connectivity index (χ1n) is 21.3. The number of ether oxygens (including phenoxy) is 3. The van der Waals surface area contributed by atoms with Crippen LogP contribution in [0.15, 0.2) is 90.1 Å². The molecule has 7 atom stereocenters. The summed E-state index contributed by atoms with van der Waals surface area (Å²) in [6, 6.07) is 19.3. The number of allylic oxidation sites excluding steroid dienone is 1. The minimum atomic E-state index is -1.35. The number of oxime groups is 1. The average molecular weight is 779 g/mol. The molecule has 10 nitrogen and oxygen atoms in total. The van der Waals surface area contributed by atoms with Crippen molar-refractivity contribution in [2.45, 2.75) is 108 Å². The first kappa shape index (κ1) is 39.6. The number of phenols is 1. The molecule has 8 rings (SSSR count). The summed E-state index contributed by atoms with van der Waals surface area (Å²) in [4.78, 5) is 23.2. The molecule has 1 amide bonds. The fourth-order valence-corrected chi connectivity index (χ4v) is 10.1. The normalized spacial score (nSPS) is 28.5. The van der Waals surface area contributed by atoms with E-state index in [1.165, 1.54) is 0 Å². The lowest BCUT2D eigenvalue weighted by Gasteiger charge is -2.60. The highest BCUT2D eigenvalue weighted by Crippen LogP contribution is 2.62. The summed E-state index contributed by atoms with van der Waals surface area (Å²) in [6.45, 7) is 5.45. The molecule has 3 fully saturated rings. The molecule has 3 aliphatic carbocycles. The summed E-state index contributed by atoms with van der Waals surface area (Å²) in [5, 5.41) is 38.0. The lowest BCUT2D eigenvalue weighted by Crippen LogP contribution is -2.70. The van der Waals surface area contributed by atoms with E-state index in [0.29, 0.717) is 38.2 Å². The molecule has 3 aromatic carbocycles. The molecule has 10 heteroatoms. The number of aliphatic hydroxyl groups excluding tert-OH is 2. The standard InChI is InChI=1S/C47H58N2O8/c1-2-25-55-47-42(49(46(53)32-19-20-32)30-34-15-11-14-31-12-3-4-16-36(31)34)29-40(48-57-43-18-7-10-26-54-43)38-27-33(13-5-8-23-50)37(17-6-9-24-51)44(45(38)47)39-28-35(52)21-22-41(39)56-47/h2-4,11-12,14-16,21-22,27-28,32-33,37,42-45,50-52H,1,5-10,13,17-20,23-26,29-30H2. The SMILES string of the molecule is C=CCOC12Oc3ccc(O)cc3C3C(CCCCO)C(CCCCO)C=C(C(=NOC4CCCCO4)CC1N(Cc1cccc4ccccc14)C(=O)C1CC1)C32. The molecule has 57 heavy (non-hydrogen) atoms. The van der Waals surface area contributed by atoms with Gasteiger partial charge in [0.1, 0.15) is 17.5 Å². The maximum absolute atomic E-state index is 14.9. The molecule has 7 unspecified atom stereocenters. The second kappa shape index (κ2) is 17.7. The van der Waals surface area contributed by atoms with Crippen molar-refractivity contribution in [2.75, 3.05) is 26.4 Å². The molecule has 3 N–H and O–H groups in total. The lowest BCUT2D eigenvalue weighted by atomic mass is 9.55. The van der Waals surface area contributed by atoms with Crippen molar-refractivity contribution >= 4 is 22.4 Å². The fourth-order valence-electron chi connectivity index (χ4n) is 10.1. The molecular formula is C47H58N2O8. The van der Waals surface area contributed by atoms with Crippen molar-refractivity contribution in [2.24, 2.45) is 28.8 Å². The van der Waals surface area contributed by atoms with E-state index in [2.05, 4.69) is 43.0 Å². The van der Waals surface area contributed by atoms with Crippen LogP contribution >= 0.6 is 0 Å². The number of rotatable bonds is 17. The summed E-state index contributed by atoms with van der Waals surface area (Å²) in [6.07, 6.45) is 13.1. The van der Waals surface area contributed by atoms with Crippen LogP contribution in [0.1, 0.15) is 94.1 Å². The Morgan fingerprint density at radius 3 is 2.56 bits per heavy atom. The zero-order valence-corrected chi connectivity index (χ0v) is 33.0. The van der Waals surface area contributed by atoms with Gasteiger partial charge >= 0.3 is 0 Å². The largest absolute Gasteiger partial charge is 0.508 e. The van der Waals surface area contributed by atoms with Crippen LogP contribution in [0, 0.1) is 23.7 Å². The number of carbonyl (C=O) groups is 1. The van der Waals surface area contributed by atoms with Gasteiger partial charge in [0.2, 0.25) is 18.0 Å². The Balaban J connectivity index is 1.34. The number of fused-ring (bicyclic) bond motifs is 3. The van der Waals surface area contributed by atoms with Crippen molar-refractivity contribution < 1.29 is 39.2 Å². The second-order valence-corrected chi connectivity index (χ2v) is 16.6. The summed E-state index contributed by atoms with van der Waals surface area (Å²) < 4.78 is 20.5. The number of benzene rings is 3. The summed E-state index contributed by atoms with van der Waals surface area (Å²) in [7, 11) is 0. The third-order valence-electron chi connectivity index (χ3n) is 12.9. The van der Waals surface area contributed by atoms with Gasteiger partial charge in [-0.25, -0.2) is 0 Å². The number of unbranched alkanes of at least 4 members (excludes halogenated alkanes) is 2. The molecule has 0 aromatic heterocycles. The van der Waals surface area contributed by atoms with Crippen LogP contribution in [0.5, 0.6) is 11.5 Å². The van der Waals surface area contributed by atoms with Crippen LogP contribution in [0.3, 0.4) is 0 Å². The number of carbonyl (C=O) groups excluding carboxylic acids is 1. The van der Waals surface area contributed by atoms with Crippen LogP contribution in [0.2, 0.25) is 0 Å². The topological polar surface area (TPSA) is 130 Å². The van der Waals surface area contributed by atoms with Gasteiger partial charge in [0, 0.05) is 50.0 Å². The van der Waals surface area contributed by atoms with E-state index in [4.69, 9.17) is 24.2 Å². The Kier molecular flexibility index (Phi) is 12.3. The minimum Gasteiger partial charge on any atom is -0.508 e. The lowest BCUT2D eigenvalue weighted by molar-refractivity contribution is -0.258. The van der Waals surface area contributed by atoms with Crippen LogP contribution in [0.25, 0.3) is 10.8 Å². The zero-order valence-electron chi connectivity index (χ0n) is 33.0. The van der Waals surface area contributed by atoms with Crippen molar-refractivity contribution in [3.05, 3.63) is 96.1 Å². The van der Waals surface area contributed by atoms with Gasteiger partial charge in [-0.1, -0.05) is 72.6 Å². The van der Waals surface area contributed by atoms with Gasteiger partial charge in [-0.05, 0) is 103 Å². The monoisotopic (exact) mass is 778 g/mol. The number of hydrogen-bond acceptors (Lipinski definition) is 9. The highest BCUT2D eigenvalue weighted by atomic mass is 16.8. The van der Waals surface area contributed by atoms with E-state index in [1.807, 2.05) is 29.2 Å². The van der Waals surface area contributed by atoms with Gasteiger partial charge in [-0.3, -0.25) is 4.79 Å². The number of phenolic OH excluding ortho intramolecular Hbond substituents is 1. The predicted octanol–water partition coefficient (Wildman–Crippen LogP) is 8.14. The first-order chi connectivity index (χ1) is 28.0. The molecule has 2 aliphatic heterocycles. The van der Waals surface area contributed by atoms with E-state index < -0.39 is 24.0 Å². The summed E-state index contributed by atoms with van der Waals surface area (Å²) in [5.74, 6) is -1.04. The molecule has 0 spiro atoms. The molecule has 5 aliphatic rings. The second-order valence-electron chi connectivity index (χ2n) is 16.6. The first-order valence-corrected chi connectivity index (χ1v) is 21.3. The Morgan fingerprint density at radius 2 is 1.79 bits per heavy atom. The Morgan fingerprint density at radius 1 is 0.982 bits per heavy atom. The summed E-state index contributed by atoms with van der Waals surface area (Å²) in [5.41, 5.74) is 3.67. The van der Waals surface area contributed by atoms with Gasteiger partial charge < -0.3 is 39.3 Å². The Hall–Kier alpha value is -4.22. The predicted molar refractivity (Wildman–Crippen MR) is 219 cm³/mol. The van der Waals surface area contributed by atoms with E-state index >= 15 is 0 Å². The third-order valence-corrected chi connectivity index (χ3v) is 12.9. The number of aromatic hydroxyl groups is 1. The third kappa shape index (κ3) is 8.11. The van der Waals surface area contributed by atoms with Crippen LogP contribution in [-0.4, -0.2) is 76.4 Å². The molecule has 2 heterocycles. The Bertz CT molecular complexity index is 1950. The van der Waals surface area contributed by atoms with Crippen LogP contribution in [-0.2, 0) is 25.7 Å². The molecule has 3 aromatic rings. The van der Waals surface area contributed by atoms with E-state index in [0.717, 1.165) is 91.0 Å². The van der Waals surface area contributed by atoms with Crippen molar-refractivity contribution in [1.82, 2.24) is 4.90 Å².